The van der Waals surface area contributed by atoms with Gasteiger partial charge < -0.3 is 10.1 Å². The molecule has 1 fully saturated rings. The number of nitriles is 1. The van der Waals surface area contributed by atoms with E-state index in [0.29, 0.717) is 16.6 Å². The fourth-order valence-corrected chi connectivity index (χ4v) is 4.05. The van der Waals surface area contributed by atoms with Gasteiger partial charge in [-0.3, -0.25) is 14.9 Å². The summed E-state index contributed by atoms with van der Waals surface area (Å²) in [7, 11) is 0. The molecule has 13 heteroatoms. The fourth-order valence-electron chi connectivity index (χ4n) is 2.58. The van der Waals surface area contributed by atoms with Gasteiger partial charge in [-0.15, -0.1) is 11.3 Å². The zero-order valence-corrected chi connectivity index (χ0v) is 18.7. The molecule has 1 saturated carbocycles. The Morgan fingerprint density at radius 1 is 1.39 bits per heavy atom. The number of thiophene rings is 1. The molecular weight excluding hydrogens is 481 g/mol. The van der Waals surface area contributed by atoms with Crippen molar-refractivity contribution in [3.63, 3.8) is 0 Å². The maximum Gasteiger partial charge on any atom is 0.417 e. The molecule has 0 aliphatic heterocycles. The van der Waals surface area contributed by atoms with Gasteiger partial charge in [0.1, 0.15) is 11.1 Å². The second-order valence-electron chi connectivity index (χ2n) is 6.98. The van der Waals surface area contributed by atoms with Crippen molar-refractivity contribution in [3.05, 3.63) is 34.7 Å². The van der Waals surface area contributed by atoms with E-state index in [1.165, 1.54) is 24.3 Å². The Kier molecular flexibility index (Phi) is 7.60. The molecule has 3 amide bonds. The number of nitrogens with zero attached hydrogens (tertiary/aromatic N) is 2. The van der Waals surface area contributed by atoms with Gasteiger partial charge in [0.15, 0.2) is 6.10 Å². The number of hydrogen-bond donors (Lipinski definition) is 2. The van der Waals surface area contributed by atoms with Crippen LogP contribution in [0.2, 0.25) is 0 Å². The summed E-state index contributed by atoms with van der Waals surface area (Å²) >= 11 is 1.77. The quantitative estimate of drug-likeness (QED) is 0.441. The maximum atomic E-state index is 13.5. The Morgan fingerprint density at radius 3 is 2.70 bits per heavy atom. The van der Waals surface area contributed by atoms with Crippen LogP contribution in [0.4, 0.5) is 18.0 Å². The third-order valence-corrected chi connectivity index (χ3v) is 6.17. The number of esters is 1. The Balaban J connectivity index is 1.68. The lowest BCUT2D eigenvalue weighted by molar-refractivity contribution is -0.151. The van der Waals surface area contributed by atoms with Crippen LogP contribution in [-0.2, 0) is 20.5 Å². The molecule has 0 aromatic carbocycles. The number of carbonyl (C=O) groups is 3. The van der Waals surface area contributed by atoms with Crippen molar-refractivity contribution >= 4 is 41.0 Å². The highest BCUT2D eigenvalue weighted by Gasteiger charge is 2.36. The van der Waals surface area contributed by atoms with Crippen LogP contribution in [-0.4, -0.2) is 40.8 Å². The minimum atomic E-state index is -4.80. The molecule has 2 aromatic rings. The molecule has 0 radical (unpaired) electrons. The second-order valence-corrected chi connectivity index (χ2v) is 8.89. The smallest absolute Gasteiger partial charge is 0.417 e. The van der Waals surface area contributed by atoms with Crippen LogP contribution in [0.5, 0.6) is 0 Å². The number of rotatable bonds is 7. The average Bonchev–Trinajstić information content (AvgIpc) is 3.38. The van der Waals surface area contributed by atoms with Gasteiger partial charge in [0, 0.05) is 6.04 Å². The number of imide groups is 1. The fraction of sp³-hybridized carbons (Fsp3) is 0.350. The van der Waals surface area contributed by atoms with E-state index in [9.17, 15) is 32.8 Å². The van der Waals surface area contributed by atoms with Crippen molar-refractivity contribution in [3.8, 4) is 16.6 Å². The number of carbonyl (C=O) groups excluding carboxylic acids is 3. The molecule has 3 rings (SSSR count). The second kappa shape index (κ2) is 10.2. The van der Waals surface area contributed by atoms with E-state index < -0.39 is 47.1 Å². The molecule has 8 nitrogen and oxygen atoms in total. The average molecular weight is 499 g/mol. The van der Waals surface area contributed by atoms with Crippen molar-refractivity contribution in [1.82, 2.24) is 15.6 Å². The lowest BCUT2D eigenvalue weighted by Crippen LogP contribution is -2.45. The Labute approximate surface area is 194 Å². The predicted octanol–water partition coefficient (Wildman–Crippen LogP) is 3.71. The van der Waals surface area contributed by atoms with Gasteiger partial charge in [-0.25, -0.2) is 9.78 Å². The first-order chi connectivity index (χ1) is 15.6. The summed E-state index contributed by atoms with van der Waals surface area (Å²) in [5.41, 5.74) is -1.85. The third-order valence-electron chi connectivity index (χ3n) is 4.33. The Bertz CT molecular complexity index is 1100. The molecule has 2 heterocycles. The van der Waals surface area contributed by atoms with E-state index >= 15 is 0 Å². The molecule has 1 atom stereocenters. The van der Waals surface area contributed by atoms with Crippen LogP contribution in [0.15, 0.2) is 28.6 Å². The van der Waals surface area contributed by atoms with E-state index in [0.717, 1.165) is 18.9 Å². The molecule has 2 aromatic heterocycles. The molecule has 1 unspecified atom stereocenters. The Hall–Kier alpha value is -3.11. The highest BCUT2D eigenvalue weighted by Crippen LogP contribution is 2.38. The van der Waals surface area contributed by atoms with Crippen molar-refractivity contribution in [1.29, 1.82) is 5.26 Å². The standard InChI is InChI=1S/C20H17F3N4O4S2/c1-10(17(29)27-19(30)25-11-4-5-11)31-16(28)9-33-18-12(8-24)13(20(21,22)23)7-14(26-18)15-3-2-6-32-15/h2-3,6-7,10-11H,4-5,9H2,1H3,(H2,25,27,29,30). The van der Waals surface area contributed by atoms with Crippen molar-refractivity contribution < 1.29 is 32.3 Å². The van der Waals surface area contributed by atoms with Crippen LogP contribution >= 0.6 is 23.1 Å². The highest BCUT2D eigenvalue weighted by atomic mass is 32.2. The van der Waals surface area contributed by atoms with Gasteiger partial charge in [-0.1, -0.05) is 17.8 Å². The lowest BCUT2D eigenvalue weighted by Gasteiger charge is -2.15. The lowest BCUT2D eigenvalue weighted by atomic mass is 10.1. The van der Waals surface area contributed by atoms with Crippen LogP contribution in [0.25, 0.3) is 10.6 Å². The summed E-state index contributed by atoms with van der Waals surface area (Å²) in [4.78, 5) is 40.3. The third kappa shape index (κ3) is 6.69. The number of thioether (sulfide) groups is 1. The normalized spacial score (nSPS) is 14.2. The first kappa shape index (κ1) is 24.5. The van der Waals surface area contributed by atoms with Crippen LogP contribution < -0.4 is 10.6 Å². The van der Waals surface area contributed by atoms with Gasteiger partial charge in [0.05, 0.1) is 27.5 Å². The number of pyridine rings is 1. The number of hydrogen-bond acceptors (Lipinski definition) is 8. The number of urea groups is 1. The summed E-state index contributed by atoms with van der Waals surface area (Å²) in [6.45, 7) is 1.25. The van der Waals surface area contributed by atoms with Gasteiger partial charge in [-0.2, -0.15) is 18.4 Å². The van der Waals surface area contributed by atoms with E-state index in [-0.39, 0.29) is 16.8 Å². The molecule has 1 aliphatic rings. The molecule has 0 bridgehead atoms. The molecule has 2 N–H and O–H groups in total. The van der Waals surface area contributed by atoms with Gasteiger partial charge in [-0.05, 0) is 37.3 Å². The molecule has 33 heavy (non-hydrogen) atoms. The number of alkyl halides is 3. The highest BCUT2D eigenvalue weighted by molar-refractivity contribution is 7.99. The number of amides is 3. The summed E-state index contributed by atoms with van der Waals surface area (Å²) in [6.07, 6.45) is -4.46. The molecule has 0 spiro atoms. The largest absolute Gasteiger partial charge is 0.452 e. The van der Waals surface area contributed by atoms with Gasteiger partial charge >= 0.3 is 18.2 Å². The minimum absolute atomic E-state index is 0.0154. The number of nitrogens with one attached hydrogen (secondary N) is 2. The van der Waals surface area contributed by atoms with E-state index in [4.69, 9.17) is 4.74 Å². The first-order valence-corrected chi connectivity index (χ1v) is 11.4. The van der Waals surface area contributed by atoms with Crippen LogP contribution in [0.3, 0.4) is 0 Å². The van der Waals surface area contributed by atoms with Crippen molar-refractivity contribution in [2.45, 2.75) is 43.1 Å². The van der Waals surface area contributed by atoms with Crippen LogP contribution in [0.1, 0.15) is 30.9 Å². The summed E-state index contributed by atoms with van der Waals surface area (Å²) in [6, 6.07) is 4.86. The molecule has 174 valence electrons. The number of halogens is 3. The predicted molar refractivity (Wildman–Crippen MR) is 113 cm³/mol. The SMILES string of the molecule is CC(OC(=O)CSc1nc(-c2cccs2)cc(C(F)(F)F)c1C#N)C(=O)NC(=O)NC1CC1. The summed E-state index contributed by atoms with van der Waals surface area (Å²) < 4.78 is 45.5. The van der Waals surface area contributed by atoms with Crippen LogP contribution in [0, 0.1) is 11.3 Å². The van der Waals surface area contributed by atoms with E-state index in [1.54, 1.807) is 17.5 Å². The number of aromatic nitrogens is 1. The summed E-state index contributed by atoms with van der Waals surface area (Å²) in [5.74, 6) is -2.27. The van der Waals surface area contributed by atoms with Crippen molar-refractivity contribution in [2.75, 3.05) is 5.75 Å². The molecular formula is C20H17F3N4O4S2. The van der Waals surface area contributed by atoms with Gasteiger partial charge in [0.2, 0.25) is 0 Å². The zero-order chi connectivity index (χ0) is 24.2. The zero-order valence-electron chi connectivity index (χ0n) is 17.1. The number of ether oxygens (including phenoxy) is 1. The van der Waals surface area contributed by atoms with Gasteiger partial charge in [0.25, 0.3) is 5.91 Å². The van der Waals surface area contributed by atoms with E-state index in [1.807, 2.05) is 5.32 Å². The Morgan fingerprint density at radius 2 is 2.12 bits per heavy atom. The molecule has 1 aliphatic carbocycles. The van der Waals surface area contributed by atoms with E-state index in [2.05, 4.69) is 10.3 Å². The summed E-state index contributed by atoms with van der Waals surface area (Å²) in [5, 5.41) is 15.3. The topological polar surface area (TPSA) is 121 Å². The monoisotopic (exact) mass is 498 g/mol. The maximum absolute atomic E-state index is 13.5. The van der Waals surface area contributed by atoms with Crippen molar-refractivity contribution in [2.24, 2.45) is 0 Å². The minimum Gasteiger partial charge on any atom is -0.452 e. The molecule has 0 saturated heterocycles. The first-order valence-electron chi connectivity index (χ1n) is 9.58.